The highest BCUT2D eigenvalue weighted by Gasteiger charge is 2.05. The topological polar surface area (TPSA) is 46.2 Å². The molecule has 0 aliphatic heterocycles. The maximum Gasteiger partial charge on any atom is 0.231 e. The zero-order valence-corrected chi connectivity index (χ0v) is 10.2. The van der Waals surface area contributed by atoms with Gasteiger partial charge in [0.1, 0.15) is 5.78 Å². The molecule has 1 amide bonds. The normalized spacial score (nSPS) is 9.80. The first-order chi connectivity index (χ1) is 6.99. The van der Waals surface area contributed by atoms with Crippen molar-refractivity contribution in [3.63, 3.8) is 0 Å². The van der Waals surface area contributed by atoms with Crippen LogP contribution < -0.4 is 5.32 Å². The quantitative estimate of drug-likeness (QED) is 0.858. The molecule has 0 aliphatic rings. The Bertz CT molecular complexity index is 402. The van der Waals surface area contributed by atoms with Gasteiger partial charge < -0.3 is 5.32 Å². The third kappa shape index (κ3) is 3.83. The van der Waals surface area contributed by atoms with Crippen LogP contribution in [-0.2, 0) is 9.59 Å². The lowest BCUT2D eigenvalue weighted by atomic mass is 10.2. The highest BCUT2D eigenvalue weighted by Crippen LogP contribution is 2.20. The molecule has 1 aromatic carbocycles. The number of carbonyl (C=O) groups is 2. The van der Waals surface area contributed by atoms with Crippen LogP contribution in [0.5, 0.6) is 0 Å². The number of halogens is 1. The van der Waals surface area contributed by atoms with Gasteiger partial charge in [-0.25, -0.2) is 0 Å². The van der Waals surface area contributed by atoms with Crippen molar-refractivity contribution in [1.82, 2.24) is 0 Å². The van der Waals surface area contributed by atoms with Gasteiger partial charge in [0.25, 0.3) is 0 Å². The van der Waals surface area contributed by atoms with E-state index in [1.54, 1.807) is 6.07 Å². The van der Waals surface area contributed by atoms with Gasteiger partial charge >= 0.3 is 0 Å². The number of nitrogens with one attached hydrogen (secondary N) is 1. The molecule has 0 fully saturated rings. The van der Waals surface area contributed by atoms with Crippen LogP contribution in [0.2, 0.25) is 0 Å². The lowest BCUT2D eigenvalue weighted by Crippen LogP contribution is -2.14. The molecule has 0 saturated carbocycles. The van der Waals surface area contributed by atoms with Crippen LogP contribution in [0.1, 0.15) is 18.9 Å². The molecule has 3 nitrogen and oxygen atoms in total. The van der Waals surface area contributed by atoms with Crippen LogP contribution in [0.3, 0.4) is 0 Å². The summed E-state index contributed by atoms with van der Waals surface area (Å²) in [6.07, 6.45) is -0.0779. The predicted octanol–water partition coefficient (Wildman–Crippen LogP) is 2.68. The molecule has 1 rings (SSSR count). The summed E-state index contributed by atoms with van der Waals surface area (Å²) < 4.78 is 0.933. The summed E-state index contributed by atoms with van der Waals surface area (Å²) in [5, 5.41) is 2.65. The third-order valence-corrected chi connectivity index (χ3v) is 2.72. The lowest BCUT2D eigenvalue weighted by Gasteiger charge is -2.05. The molecule has 0 atom stereocenters. The zero-order valence-electron chi connectivity index (χ0n) is 8.63. The van der Waals surface area contributed by atoms with Crippen molar-refractivity contribution in [2.45, 2.75) is 20.3 Å². The number of hydrogen-bond acceptors (Lipinski definition) is 2. The smallest absolute Gasteiger partial charge is 0.231 e. The van der Waals surface area contributed by atoms with Crippen LogP contribution in [0, 0.1) is 6.92 Å². The third-order valence-electron chi connectivity index (χ3n) is 1.87. The summed E-state index contributed by atoms with van der Waals surface area (Å²) in [4.78, 5) is 22.0. The Morgan fingerprint density at radius 2 is 2.07 bits per heavy atom. The molecule has 1 N–H and O–H groups in total. The van der Waals surface area contributed by atoms with E-state index in [9.17, 15) is 9.59 Å². The Morgan fingerprint density at radius 1 is 1.40 bits per heavy atom. The molecular formula is C11H12BrNO2. The highest BCUT2D eigenvalue weighted by molar-refractivity contribution is 9.10. The largest absolute Gasteiger partial charge is 0.326 e. The van der Waals surface area contributed by atoms with Crippen molar-refractivity contribution in [3.05, 3.63) is 28.2 Å². The minimum Gasteiger partial charge on any atom is -0.326 e. The maximum atomic E-state index is 11.3. The zero-order chi connectivity index (χ0) is 11.4. The van der Waals surface area contributed by atoms with Gasteiger partial charge in [0.15, 0.2) is 0 Å². The number of ketones is 1. The number of benzene rings is 1. The monoisotopic (exact) mass is 269 g/mol. The summed E-state index contributed by atoms with van der Waals surface area (Å²) >= 11 is 3.37. The molecule has 0 aliphatic carbocycles. The summed E-state index contributed by atoms with van der Waals surface area (Å²) in [7, 11) is 0. The number of anilines is 1. The summed E-state index contributed by atoms with van der Waals surface area (Å²) in [5.74, 6) is -0.420. The van der Waals surface area contributed by atoms with E-state index < -0.39 is 0 Å². The van der Waals surface area contributed by atoms with Gasteiger partial charge in [0, 0.05) is 10.2 Å². The Morgan fingerprint density at radius 3 is 2.60 bits per heavy atom. The molecule has 0 saturated heterocycles. The number of rotatable bonds is 3. The van der Waals surface area contributed by atoms with E-state index in [2.05, 4.69) is 21.2 Å². The SMILES string of the molecule is CC(=O)CC(=O)Nc1ccc(C)c(Br)c1. The molecule has 1 aromatic rings. The minimum absolute atomic E-state index is 0.0779. The van der Waals surface area contributed by atoms with E-state index in [1.165, 1.54) is 6.92 Å². The van der Waals surface area contributed by atoms with Crippen molar-refractivity contribution in [2.75, 3.05) is 5.32 Å². The molecule has 4 heteroatoms. The fraction of sp³-hybridized carbons (Fsp3) is 0.273. The average Bonchev–Trinajstić information content (AvgIpc) is 2.10. The molecule has 80 valence electrons. The van der Waals surface area contributed by atoms with Crippen LogP contribution in [0.15, 0.2) is 22.7 Å². The van der Waals surface area contributed by atoms with E-state index in [0.29, 0.717) is 5.69 Å². The lowest BCUT2D eigenvalue weighted by molar-refractivity contribution is -0.124. The first-order valence-electron chi connectivity index (χ1n) is 4.54. The fourth-order valence-electron chi connectivity index (χ4n) is 1.10. The fourth-order valence-corrected chi connectivity index (χ4v) is 1.48. The van der Waals surface area contributed by atoms with E-state index in [-0.39, 0.29) is 18.1 Å². The van der Waals surface area contributed by atoms with Crippen molar-refractivity contribution in [3.8, 4) is 0 Å². The number of hydrogen-bond donors (Lipinski definition) is 1. The van der Waals surface area contributed by atoms with Crippen LogP contribution in [-0.4, -0.2) is 11.7 Å². The second-order valence-corrected chi connectivity index (χ2v) is 4.25. The first kappa shape index (κ1) is 11.9. The molecule has 0 aromatic heterocycles. The summed E-state index contributed by atoms with van der Waals surface area (Å²) in [6, 6.07) is 5.51. The second kappa shape index (κ2) is 5.07. The molecule has 0 unspecified atom stereocenters. The molecule has 0 radical (unpaired) electrons. The minimum atomic E-state index is -0.279. The Labute approximate surface area is 97.0 Å². The molecule has 0 spiro atoms. The van der Waals surface area contributed by atoms with Crippen molar-refractivity contribution >= 4 is 33.3 Å². The number of aryl methyl sites for hydroxylation is 1. The van der Waals surface area contributed by atoms with Gasteiger partial charge in [0.2, 0.25) is 5.91 Å². The predicted molar refractivity (Wildman–Crippen MR) is 62.8 cm³/mol. The molecule has 15 heavy (non-hydrogen) atoms. The van der Waals surface area contributed by atoms with E-state index in [0.717, 1.165) is 10.0 Å². The van der Waals surface area contributed by atoms with Gasteiger partial charge in [-0.15, -0.1) is 0 Å². The number of amides is 1. The Balaban J connectivity index is 2.69. The van der Waals surface area contributed by atoms with Crippen LogP contribution >= 0.6 is 15.9 Å². The number of Topliss-reactive ketones (excluding diaryl/α,β-unsaturated/α-hetero) is 1. The summed E-state index contributed by atoms with van der Waals surface area (Å²) in [6.45, 7) is 3.36. The van der Waals surface area contributed by atoms with Crippen molar-refractivity contribution in [2.24, 2.45) is 0 Å². The van der Waals surface area contributed by atoms with E-state index in [4.69, 9.17) is 0 Å². The van der Waals surface area contributed by atoms with Gasteiger partial charge in [-0.1, -0.05) is 22.0 Å². The first-order valence-corrected chi connectivity index (χ1v) is 5.34. The Hall–Kier alpha value is -1.16. The van der Waals surface area contributed by atoms with Crippen molar-refractivity contribution in [1.29, 1.82) is 0 Å². The summed E-state index contributed by atoms with van der Waals surface area (Å²) in [5.41, 5.74) is 1.79. The van der Waals surface area contributed by atoms with Gasteiger partial charge in [-0.05, 0) is 31.5 Å². The van der Waals surface area contributed by atoms with Crippen LogP contribution in [0.25, 0.3) is 0 Å². The molecule has 0 bridgehead atoms. The number of carbonyl (C=O) groups excluding carboxylic acids is 2. The Kier molecular flexibility index (Phi) is 4.03. The highest BCUT2D eigenvalue weighted by atomic mass is 79.9. The van der Waals surface area contributed by atoms with E-state index >= 15 is 0 Å². The standard InChI is InChI=1S/C11H12BrNO2/c1-7-3-4-9(6-10(7)12)13-11(15)5-8(2)14/h3-4,6H,5H2,1-2H3,(H,13,15). The molecular weight excluding hydrogens is 258 g/mol. The van der Waals surface area contributed by atoms with Gasteiger partial charge in [-0.3, -0.25) is 9.59 Å². The van der Waals surface area contributed by atoms with Crippen molar-refractivity contribution < 1.29 is 9.59 Å². The molecule has 0 heterocycles. The van der Waals surface area contributed by atoms with Gasteiger partial charge in [0.05, 0.1) is 6.42 Å². The average molecular weight is 270 g/mol. The van der Waals surface area contributed by atoms with Gasteiger partial charge in [-0.2, -0.15) is 0 Å². The van der Waals surface area contributed by atoms with Crippen LogP contribution in [0.4, 0.5) is 5.69 Å². The maximum absolute atomic E-state index is 11.3. The second-order valence-electron chi connectivity index (χ2n) is 3.39. The van der Waals surface area contributed by atoms with E-state index in [1.807, 2.05) is 19.1 Å².